The van der Waals surface area contributed by atoms with Crippen LogP contribution in [0.25, 0.3) is 11.5 Å². The van der Waals surface area contributed by atoms with Gasteiger partial charge in [-0.05, 0) is 62.3 Å². The first kappa shape index (κ1) is 17.7. The van der Waals surface area contributed by atoms with Crippen LogP contribution in [-0.4, -0.2) is 46.0 Å². The second kappa shape index (κ2) is 6.79. The van der Waals surface area contributed by atoms with E-state index in [9.17, 15) is 9.59 Å². The van der Waals surface area contributed by atoms with Crippen molar-refractivity contribution < 1.29 is 14.0 Å². The Hall–Kier alpha value is -2.70. The zero-order valence-corrected chi connectivity index (χ0v) is 15.7. The molecule has 7 heteroatoms. The first-order valence-electron chi connectivity index (χ1n) is 9.46. The largest absolute Gasteiger partial charge is 0.421 e. The Morgan fingerprint density at radius 1 is 1.11 bits per heavy atom. The number of benzene rings is 1. The summed E-state index contributed by atoms with van der Waals surface area (Å²) in [6, 6.07) is 6.37. The number of amides is 2. The first-order chi connectivity index (χ1) is 13.0. The van der Waals surface area contributed by atoms with Crippen molar-refractivity contribution in [1.29, 1.82) is 0 Å². The molecule has 1 atom stereocenters. The maximum atomic E-state index is 12.6. The van der Waals surface area contributed by atoms with E-state index >= 15 is 0 Å². The summed E-state index contributed by atoms with van der Waals surface area (Å²) in [5, 5.41) is 10.6. The van der Waals surface area contributed by atoms with E-state index < -0.39 is 6.04 Å². The van der Waals surface area contributed by atoms with Crippen molar-refractivity contribution in [3.8, 4) is 11.5 Å². The quantitative estimate of drug-likeness (QED) is 0.896. The molecule has 4 rings (SSSR count). The van der Waals surface area contributed by atoms with Crippen molar-refractivity contribution >= 4 is 11.8 Å². The smallest absolute Gasteiger partial charge is 0.251 e. The van der Waals surface area contributed by atoms with Gasteiger partial charge in [-0.2, -0.15) is 0 Å². The summed E-state index contributed by atoms with van der Waals surface area (Å²) in [6.07, 6.45) is 4.80. The summed E-state index contributed by atoms with van der Waals surface area (Å²) in [4.78, 5) is 27.0. The molecule has 1 aromatic heterocycles. The van der Waals surface area contributed by atoms with Crippen molar-refractivity contribution in [3.63, 3.8) is 0 Å². The first-order valence-corrected chi connectivity index (χ1v) is 9.46. The van der Waals surface area contributed by atoms with Crippen molar-refractivity contribution in [3.05, 3.63) is 35.7 Å². The topological polar surface area (TPSA) is 88.3 Å². The fourth-order valence-corrected chi connectivity index (χ4v) is 3.67. The lowest BCUT2D eigenvalue weighted by molar-refractivity contribution is -0.134. The van der Waals surface area contributed by atoms with Crippen LogP contribution in [0.4, 0.5) is 0 Å². The second-order valence-corrected chi connectivity index (χ2v) is 7.72. The van der Waals surface area contributed by atoms with Crippen LogP contribution in [0.5, 0.6) is 0 Å². The molecule has 1 unspecified atom stereocenters. The fraction of sp³-hybridized carbons (Fsp3) is 0.500. The van der Waals surface area contributed by atoms with E-state index in [2.05, 4.69) is 15.5 Å². The molecule has 1 aromatic carbocycles. The van der Waals surface area contributed by atoms with Crippen LogP contribution >= 0.6 is 0 Å². The number of nitrogens with zero attached hydrogens (tertiary/aromatic N) is 3. The van der Waals surface area contributed by atoms with Crippen LogP contribution in [0, 0.1) is 12.3 Å². The summed E-state index contributed by atoms with van der Waals surface area (Å²) in [6.45, 7) is 5.08. The molecule has 2 aromatic rings. The van der Waals surface area contributed by atoms with Crippen LogP contribution in [0.1, 0.15) is 48.9 Å². The standard InChI is InChI=1S/C20H24N4O3/c1-13(19(26)24-11-9-20(7-8-20)10-12-24)21-17(25)15-3-5-16(6-4-15)18-23-22-14(2)27-18/h3-6,13H,7-12H2,1-2H3,(H,21,25). The van der Waals surface area contributed by atoms with Crippen molar-refractivity contribution in [2.24, 2.45) is 5.41 Å². The lowest BCUT2D eigenvalue weighted by Gasteiger charge is -2.33. The van der Waals surface area contributed by atoms with E-state index in [0.717, 1.165) is 31.5 Å². The van der Waals surface area contributed by atoms with E-state index in [1.54, 1.807) is 38.1 Å². The Balaban J connectivity index is 1.34. The SMILES string of the molecule is Cc1nnc(-c2ccc(C(=O)NC(C)C(=O)N3CCC4(CC3)CC4)cc2)o1. The molecule has 1 aliphatic carbocycles. The number of aryl methyl sites for hydroxylation is 1. The predicted octanol–water partition coefficient (Wildman–Crippen LogP) is 2.57. The highest BCUT2D eigenvalue weighted by molar-refractivity contribution is 5.97. The highest BCUT2D eigenvalue weighted by Crippen LogP contribution is 2.53. The van der Waals surface area contributed by atoms with E-state index in [1.807, 2.05) is 4.90 Å². The van der Waals surface area contributed by atoms with E-state index in [4.69, 9.17) is 4.42 Å². The van der Waals surface area contributed by atoms with Crippen molar-refractivity contribution in [2.45, 2.75) is 45.6 Å². The van der Waals surface area contributed by atoms with E-state index in [-0.39, 0.29) is 11.8 Å². The van der Waals surface area contributed by atoms with Gasteiger partial charge in [-0.15, -0.1) is 10.2 Å². The number of hydrogen-bond donors (Lipinski definition) is 1. The molecule has 2 aliphatic rings. The number of carbonyl (C=O) groups is 2. The zero-order valence-electron chi connectivity index (χ0n) is 15.7. The van der Waals surface area contributed by atoms with Crippen LogP contribution < -0.4 is 5.32 Å². The minimum absolute atomic E-state index is 0.00296. The number of likely N-dealkylation sites (tertiary alicyclic amines) is 1. The number of rotatable bonds is 4. The molecule has 2 heterocycles. The van der Waals surface area contributed by atoms with E-state index in [0.29, 0.717) is 22.8 Å². The molecule has 7 nitrogen and oxygen atoms in total. The summed E-state index contributed by atoms with van der Waals surface area (Å²) < 4.78 is 5.38. The second-order valence-electron chi connectivity index (χ2n) is 7.72. The molecular weight excluding hydrogens is 344 g/mol. The van der Waals surface area contributed by atoms with Crippen LogP contribution in [0.15, 0.2) is 28.7 Å². The third-order valence-corrected chi connectivity index (χ3v) is 5.73. The summed E-state index contributed by atoms with van der Waals surface area (Å²) in [7, 11) is 0. The van der Waals surface area contributed by atoms with Crippen molar-refractivity contribution in [1.82, 2.24) is 20.4 Å². The molecular formula is C20H24N4O3. The molecule has 1 spiro atoms. The number of carbonyl (C=O) groups excluding carboxylic acids is 2. The molecule has 1 N–H and O–H groups in total. The van der Waals surface area contributed by atoms with Gasteiger partial charge in [-0.3, -0.25) is 9.59 Å². The lowest BCUT2D eigenvalue weighted by atomic mass is 9.93. The normalized spacial score (nSPS) is 19.0. The Morgan fingerprint density at radius 3 is 2.33 bits per heavy atom. The van der Waals surface area contributed by atoms with Gasteiger partial charge in [0.05, 0.1) is 0 Å². The van der Waals surface area contributed by atoms with Gasteiger partial charge < -0.3 is 14.6 Å². The maximum absolute atomic E-state index is 12.6. The predicted molar refractivity (Wildman–Crippen MR) is 98.9 cm³/mol. The number of aromatic nitrogens is 2. The summed E-state index contributed by atoms with van der Waals surface area (Å²) in [5.41, 5.74) is 1.77. The Morgan fingerprint density at radius 2 is 1.78 bits per heavy atom. The summed E-state index contributed by atoms with van der Waals surface area (Å²) >= 11 is 0. The van der Waals surface area contributed by atoms with Gasteiger partial charge in [0.1, 0.15) is 6.04 Å². The third-order valence-electron chi connectivity index (χ3n) is 5.73. The number of hydrogen-bond acceptors (Lipinski definition) is 5. The molecule has 1 saturated carbocycles. The lowest BCUT2D eigenvalue weighted by Crippen LogP contribution is -2.49. The van der Waals surface area contributed by atoms with Gasteiger partial charge in [-0.25, -0.2) is 0 Å². The molecule has 2 fully saturated rings. The number of nitrogens with one attached hydrogen (secondary N) is 1. The molecule has 0 radical (unpaired) electrons. The maximum Gasteiger partial charge on any atom is 0.251 e. The minimum Gasteiger partial charge on any atom is -0.421 e. The minimum atomic E-state index is -0.538. The van der Waals surface area contributed by atoms with Gasteiger partial charge >= 0.3 is 0 Å². The van der Waals surface area contributed by atoms with Gasteiger partial charge in [0, 0.05) is 31.1 Å². The molecule has 27 heavy (non-hydrogen) atoms. The van der Waals surface area contributed by atoms with Gasteiger partial charge in [0.25, 0.3) is 5.91 Å². The van der Waals surface area contributed by atoms with Gasteiger partial charge in [0.2, 0.25) is 17.7 Å². The van der Waals surface area contributed by atoms with Crippen molar-refractivity contribution in [2.75, 3.05) is 13.1 Å². The Kier molecular flexibility index (Phi) is 4.45. The third kappa shape index (κ3) is 3.72. The van der Waals surface area contributed by atoms with Crippen LogP contribution in [-0.2, 0) is 4.79 Å². The summed E-state index contributed by atoms with van der Waals surface area (Å²) in [5.74, 6) is 0.641. The molecule has 1 aliphatic heterocycles. The number of piperidine rings is 1. The monoisotopic (exact) mass is 368 g/mol. The van der Waals surface area contributed by atoms with E-state index in [1.165, 1.54) is 12.8 Å². The molecule has 2 amide bonds. The van der Waals surface area contributed by atoms with Gasteiger partial charge in [0.15, 0.2) is 0 Å². The Labute approximate surface area is 158 Å². The molecule has 0 bridgehead atoms. The molecule has 1 saturated heterocycles. The average Bonchev–Trinajstić information content (AvgIpc) is 3.29. The van der Waals surface area contributed by atoms with Crippen LogP contribution in [0.3, 0.4) is 0 Å². The highest BCUT2D eigenvalue weighted by atomic mass is 16.4. The van der Waals surface area contributed by atoms with Crippen LogP contribution in [0.2, 0.25) is 0 Å². The van der Waals surface area contributed by atoms with Gasteiger partial charge in [-0.1, -0.05) is 0 Å². The highest BCUT2D eigenvalue weighted by Gasteiger charge is 2.45. The zero-order chi connectivity index (χ0) is 19.0. The Bertz CT molecular complexity index is 844. The average molecular weight is 368 g/mol. The molecule has 142 valence electrons. The fourth-order valence-electron chi connectivity index (χ4n) is 3.67.